The van der Waals surface area contributed by atoms with Crippen molar-refractivity contribution in [3.63, 3.8) is 0 Å². The Labute approximate surface area is 110 Å². The van der Waals surface area contributed by atoms with Crippen LogP contribution in [0, 0.1) is 5.82 Å². The topological polar surface area (TPSA) is 55.1 Å². The maximum atomic E-state index is 13.5. The summed E-state index contributed by atoms with van der Waals surface area (Å²) in [5.74, 6) is 0.394. The summed E-state index contributed by atoms with van der Waals surface area (Å²) in [6.07, 6.45) is 0.812. The fourth-order valence-corrected chi connectivity index (χ4v) is 2.93. The molecule has 2 rings (SSSR count). The highest BCUT2D eigenvalue weighted by atomic mass is 35.5. The Balaban J connectivity index is 0.00000144. The number of amides is 1. The van der Waals surface area contributed by atoms with Crippen LogP contribution in [-0.2, 0) is 4.79 Å². The number of halogens is 2. The quantitative estimate of drug-likeness (QED) is 0.867. The summed E-state index contributed by atoms with van der Waals surface area (Å²) >= 11 is 1.50. The summed E-state index contributed by atoms with van der Waals surface area (Å²) < 4.78 is 13.5. The third kappa shape index (κ3) is 3.12. The van der Waals surface area contributed by atoms with E-state index in [0.29, 0.717) is 4.90 Å². The summed E-state index contributed by atoms with van der Waals surface area (Å²) in [6, 6.07) is 4.86. The van der Waals surface area contributed by atoms with Crippen LogP contribution < -0.4 is 11.1 Å². The van der Waals surface area contributed by atoms with E-state index in [1.54, 1.807) is 6.07 Å². The molecule has 17 heavy (non-hydrogen) atoms. The molecule has 1 aliphatic heterocycles. The second-order valence-electron chi connectivity index (χ2n) is 3.62. The minimum absolute atomic E-state index is 0. The van der Waals surface area contributed by atoms with E-state index in [2.05, 4.69) is 5.32 Å². The van der Waals surface area contributed by atoms with Crippen molar-refractivity contribution in [2.24, 2.45) is 5.73 Å². The molecule has 1 amide bonds. The smallest absolute Gasteiger partial charge is 0.234 e. The lowest BCUT2D eigenvalue weighted by atomic mass is 10.0. The number of rotatable bonds is 2. The van der Waals surface area contributed by atoms with Gasteiger partial charge < -0.3 is 11.1 Å². The third-order valence-electron chi connectivity index (χ3n) is 2.55. The fraction of sp³-hybridized carbons (Fsp3) is 0.364. The number of nitrogens with two attached hydrogens (primary N) is 1. The predicted octanol–water partition coefficient (Wildman–Crippen LogP) is 1.86. The summed E-state index contributed by atoms with van der Waals surface area (Å²) in [4.78, 5) is 11.9. The lowest BCUT2D eigenvalue weighted by Crippen LogP contribution is -2.35. The van der Waals surface area contributed by atoms with Crippen LogP contribution in [0.5, 0.6) is 0 Å². The highest BCUT2D eigenvalue weighted by Gasteiger charge is 2.23. The highest BCUT2D eigenvalue weighted by molar-refractivity contribution is 7.99. The lowest BCUT2D eigenvalue weighted by Gasteiger charge is -2.25. The van der Waals surface area contributed by atoms with Gasteiger partial charge in [-0.1, -0.05) is 12.1 Å². The average Bonchev–Trinajstić information content (AvgIpc) is 2.30. The molecule has 0 spiro atoms. The van der Waals surface area contributed by atoms with E-state index < -0.39 is 0 Å². The molecule has 1 aromatic rings. The van der Waals surface area contributed by atoms with E-state index in [0.717, 1.165) is 17.7 Å². The van der Waals surface area contributed by atoms with Crippen molar-refractivity contribution in [1.29, 1.82) is 0 Å². The minimum atomic E-state index is -0.214. The largest absolute Gasteiger partial charge is 0.348 e. The van der Waals surface area contributed by atoms with Crippen LogP contribution in [0.15, 0.2) is 23.1 Å². The Morgan fingerprint density at radius 1 is 1.59 bits per heavy atom. The molecule has 3 N–H and O–H groups in total. The number of thioether (sulfide) groups is 1. The monoisotopic (exact) mass is 276 g/mol. The van der Waals surface area contributed by atoms with Crippen LogP contribution >= 0.6 is 24.2 Å². The second-order valence-corrected chi connectivity index (χ2v) is 4.72. The molecule has 1 heterocycles. The second kappa shape index (κ2) is 6.23. The molecule has 1 aromatic carbocycles. The average molecular weight is 277 g/mol. The van der Waals surface area contributed by atoms with Gasteiger partial charge in [0.2, 0.25) is 5.91 Å². The first-order chi connectivity index (χ1) is 7.72. The molecule has 0 radical (unpaired) electrons. The van der Waals surface area contributed by atoms with Gasteiger partial charge in [0.1, 0.15) is 5.82 Å². The van der Waals surface area contributed by atoms with Crippen LogP contribution in [-0.4, -0.2) is 18.2 Å². The highest BCUT2D eigenvalue weighted by Crippen LogP contribution is 2.37. The SMILES string of the molecule is Cl.NCC(=O)NC1CCSc2c(F)cccc21. The van der Waals surface area contributed by atoms with E-state index in [1.165, 1.54) is 17.8 Å². The van der Waals surface area contributed by atoms with Gasteiger partial charge in [0.25, 0.3) is 0 Å². The van der Waals surface area contributed by atoms with Gasteiger partial charge in [0.05, 0.1) is 12.6 Å². The predicted molar refractivity (Wildman–Crippen MR) is 68.9 cm³/mol. The number of fused-ring (bicyclic) bond motifs is 1. The van der Waals surface area contributed by atoms with E-state index in [1.807, 2.05) is 6.07 Å². The van der Waals surface area contributed by atoms with E-state index in [-0.39, 0.29) is 36.7 Å². The molecule has 1 aliphatic rings. The molecule has 94 valence electrons. The zero-order chi connectivity index (χ0) is 11.5. The molecular weight excluding hydrogens is 263 g/mol. The van der Waals surface area contributed by atoms with Crippen molar-refractivity contribution in [1.82, 2.24) is 5.32 Å². The Morgan fingerprint density at radius 3 is 3.06 bits per heavy atom. The zero-order valence-corrected chi connectivity index (χ0v) is 10.7. The summed E-state index contributed by atoms with van der Waals surface area (Å²) in [5.41, 5.74) is 6.11. The van der Waals surface area contributed by atoms with Crippen molar-refractivity contribution < 1.29 is 9.18 Å². The fourth-order valence-electron chi connectivity index (χ4n) is 1.79. The van der Waals surface area contributed by atoms with Crippen LogP contribution in [0.4, 0.5) is 4.39 Å². The molecule has 0 aromatic heterocycles. The number of nitrogens with one attached hydrogen (secondary N) is 1. The maximum absolute atomic E-state index is 13.5. The molecular formula is C11H14ClFN2OS. The summed E-state index contributed by atoms with van der Waals surface area (Å²) in [7, 11) is 0. The molecule has 0 aliphatic carbocycles. The van der Waals surface area contributed by atoms with Gasteiger partial charge in [0.15, 0.2) is 0 Å². The van der Waals surface area contributed by atoms with Crippen LogP contribution in [0.2, 0.25) is 0 Å². The first kappa shape index (κ1) is 14.3. The van der Waals surface area contributed by atoms with Gasteiger partial charge in [-0.15, -0.1) is 24.2 Å². The Morgan fingerprint density at radius 2 is 2.35 bits per heavy atom. The number of carbonyl (C=O) groups is 1. The molecule has 3 nitrogen and oxygen atoms in total. The molecule has 1 atom stereocenters. The van der Waals surface area contributed by atoms with Gasteiger partial charge in [-0.25, -0.2) is 4.39 Å². The van der Waals surface area contributed by atoms with Crippen molar-refractivity contribution in [2.75, 3.05) is 12.3 Å². The van der Waals surface area contributed by atoms with Gasteiger partial charge in [-0.2, -0.15) is 0 Å². The molecule has 0 bridgehead atoms. The van der Waals surface area contributed by atoms with Crippen molar-refractivity contribution >= 4 is 30.1 Å². The van der Waals surface area contributed by atoms with Gasteiger partial charge >= 0.3 is 0 Å². The normalized spacial score (nSPS) is 17.9. The summed E-state index contributed by atoms with van der Waals surface area (Å²) in [6.45, 7) is -0.0334. The van der Waals surface area contributed by atoms with Gasteiger partial charge in [-0.05, 0) is 18.1 Å². The number of carbonyl (C=O) groups excluding carboxylic acids is 1. The van der Waals surface area contributed by atoms with Crippen molar-refractivity contribution in [2.45, 2.75) is 17.4 Å². The van der Waals surface area contributed by atoms with E-state index in [9.17, 15) is 9.18 Å². The molecule has 0 saturated heterocycles. The number of benzene rings is 1. The number of hydrogen-bond donors (Lipinski definition) is 2. The maximum Gasteiger partial charge on any atom is 0.234 e. The first-order valence-corrected chi connectivity index (χ1v) is 6.11. The van der Waals surface area contributed by atoms with E-state index in [4.69, 9.17) is 5.73 Å². The van der Waals surface area contributed by atoms with Crippen LogP contribution in [0.1, 0.15) is 18.0 Å². The summed E-state index contributed by atoms with van der Waals surface area (Å²) in [5, 5.41) is 2.81. The Kier molecular flexibility index (Phi) is 5.24. The molecule has 6 heteroatoms. The van der Waals surface area contributed by atoms with Crippen LogP contribution in [0.3, 0.4) is 0 Å². The lowest BCUT2D eigenvalue weighted by molar-refractivity contribution is -0.120. The standard InChI is InChI=1S/C11H13FN2OS.ClH/c12-8-3-1-2-7-9(14-10(15)6-13)4-5-16-11(7)8;/h1-3,9H,4-6,13H2,(H,14,15);1H. The van der Waals surface area contributed by atoms with Crippen LogP contribution in [0.25, 0.3) is 0 Å². The van der Waals surface area contributed by atoms with Gasteiger partial charge in [0, 0.05) is 10.6 Å². The van der Waals surface area contributed by atoms with E-state index >= 15 is 0 Å². The third-order valence-corrected chi connectivity index (χ3v) is 3.71. The Bertz CT molecular complexity index is 416. The first-order valence-electron chi connectivity index (χ1n) is 5.13. The molecule has 0 saturated carbocycles. The van der Waals surface area contributed by atoms with Gasteiger partial charge in [-0.3, -0.25) is 4.79 Å². The Hall–Kier alpha value is -0.780. The van der Waals surface area contributed by atoms with Crippen molar-refractivity contribution in [3.05, 3.63) is 29.6 Å². The minimum Gasteiger partial charge on any atom is -0.348 e. The van der Waals surface area contributed by atoms with Crippen molar-refractivity contribution in [3.8, 4) is 0 Å². The zero-order valence-electron chi connectivity index (χ0n) is 9.11. The molecule has 1 unspecified atom stereocenters. The molecule has 0 fully saturated rings. The number of hydrogen-bond acceptors (Lipinski definition) is 3.